The van der Waals surface area contributed by atoms with Crippen LogP contribution < -0.4 is 15.0 Å². The second kappa shape index (κ2) is 8.13. The van der Waals surface area contributed by atoms with E-state index in [2.05, 4.69) is 4.99 Å². The molecule has 3 aromatic carbocycles. The molecule has 0 fully saturated rings. The third-order valence-electron chi connectivity index (χ3n) is 4.83. The van der Waals surface area contributed by atoms with Crippen molar-refractivity contribution in [2.45, 2.75) is 0 Å². The number of hydrogen-bond acceptors (Lipinski definition) is 5. The van der Waals surface area contributed by atoms with Gasteiger partial charge in [0.15, 0.2) is 0 Å². The van der Waals surface area contributed by atoms with Crippen LogP contribution in [0.4, 0.5) is 5.69 Å². The van der Waals surface area contributed by atoms with Gasteiger partial charge in [-0.3, -0.25) is 9.79 Å². The molecule has 0 aliphatic rings. The summed E-state index contributed by atoms with van der Waals surface area (Å²) >= 11 is 0. The molecule has 150 valence electrons. The van der Waals surface area contributed by atoms with E-state index in [9.17, 15) is 9.90 Å². The van der Waals surface area contributed by atoms with Crippen LogP contribution in [0, 0.1) is 0 Å². The average Bonchev–Trinajstić information content (AvgIpc) is 2.79. The highest BCUT2D eigenvalue weighted by Crippen LogP contribution is 2.30. The zero-order chi connectivity index (χ0) is 21.1. The summed E-state index contributed by atoms with van der Waals surface area (Å²) in [6.07, 6.45) is 1.55. The third-order valence-corrected chi connectivity index (χ3v) is 4.83. The van der Waals surface area contributed by atoms with Crippen LogP contribution in [0.25, 0.3) is 16.5 Å². The Morgan fingerprint density at radius 2 is 1.63 bits per heavy atom. The fourth-order valence-corrected chi connectivity index (χ4v) is 3.35. The number of methoxy groups -OCH3 is 2. The van der Waals surface area contributed by atoms with Crippen LogP contribution in [0.3, 0.4) is 0 Å². The molecule has 0 unspecified atom stereocenters. The van der Waals surface area contributed by atoms with Crippen molar-refractivity contribution in [1.29, 1.82) is 0 Å². The molecule has 0 saturated heterocycles. The van der Waals surface area contributed by atoms with E-state index in [1.165, 1.54) is 4.57 Å². The molecule has 0 saturated carbocycles. The van der Waals surface area contributed by atoms with Crippen molar-refractivity contribution < 1.29 is 14.6 Å². The largest absolute Gasteiger partial charge is 0.497 e. The molecule has 1 heterocycles. The zero-order valence-corrected chi connectivity index (χ0v) is 16.6. The van der Waals surface area contributed by atoms with Crippen LogP contribution >= 0.6 is 0 Å². The summed E-state index contributed by atoms with van der Waals surface area (Å²) in [5, 5.41) is 12.2. The lowest BCUT2D eigenvalue weighted by Crippen LogP contribution is -2.20. The van der Waals surface area contributed by atoms with Gasteiger partial charge in [-0.15, -0.1) is 0 Å². The molecule has 1 N–H and O–H groups in total. The van der Waals surface area contributed by atoms with Gasteiger partial charge in [-0.1, -0.05) is 36.4 Å². The topological polar surface area (TPSA) is 73.1 Å². The molecule has 1 aromatic heterocycles. The van der Waals surface area contributed by atoms with Crippen molar-refractivity contribution in [3.63, 3.8) is 0 Å². The highest BCUT2D eigenvalue weighted by molar-refractivity contribution is 6.02. The van der Waals surface area contributed by atoms with Gasteiger partial charge in [0.1, 0.15) is 17.2 Å². The molecule has 0 bridgehead atoms. The minimum Gasteiger partial charge on any atom is -0.497 e. The van der Waals surface area contributed by atoms with Gasteiger partial charge in [-0.05, 0) is 30.3 Å². The van der Waals surface area contributed by atoms with Crippen LogP contribution in [0.15, 0.2) is 82.6 Å². The number of aromatic hydroxyl groups is 1. The Labute approximate surface area is 173 Å². The van der Waals surface area contributed by atoms with Crippen molar-refractivity contribution in [3.8, 4) is 23.1 Å². The summed E-state index contributed by atoms with van der Waals surface area (Å²) in [7, 11) is 3.12. The predicted octanol–water partition coefficient (Wildman–Crippen LogP) is 4.46. The molecular formula is C24H20N2O4. The van der Waals surface area contributed by atoms with Crippen molar-refractivity contribution in [2.24, 2.45) is 4.99 Å². The van der Waals surface area contributed by atoms with Crippen LogP contribution in [-0.4, -0.2) is 30.1 Å². The standard InChI is InChI=1S/C24H20N2O4/c1-29-17-9-7-8-16(14-17)26-23(27)19-11-4-3-10-18(19)20(24(26)28)15-25-21-12-5-6-13-22(21)30-2/h3-15,28H,1-2H3. The molecule has 0 aliphatic carbocycles. The number of ether oxygens (including phenoxy) is 2. The third kappa shape index (κ3) is 3.39. The summed E-state index contributed by atoms with van der Waals surface area (Å²) in [5.74, 6) is 0.987. The van der Waals surface area contributed by atoms with E-state index in [1.54, 1.807) is 62.9 Å². The summed E-state index contributed by atoms with van der Waals surface area (Å²) in [4.78, 5) is 17.7. The van der Waals surface area contributed by atoms with E-state index in [4.69, 9.17) is 9.47 Å². The van der Waals surface area contributed by atoms with Crippen molar-refractivity contribution in [3.05, 3.63) is 88.7 Å². The number of hydrogen-bond donors (Lipinski definition) is 1. The van der Waals surface area contributed by atoms with Gasteiger partial charge in [-0.2, -0.15) is 0 Å². The van der Waals surface area contributed by atoms with E-state index in [0.29, 0.717) is 39.2 Å². The van der Waals surface area contributed by atoms with Crippen molar-refractivity contribution in [2.75, 3.05) is 14.2 Å². The number of para-hydroxylation sites is 2. The molecule has 0 radical (unpaired) electrons. The molecule has 30 heavy (non-hydrogen) atoms. The SMILES string of the molecule is COc1cccc(-n2c(O)c(C=Nc3ccccc3OC)c3ccccc3c2=O)c1. The second-order valence-corrected chi connectivity index (χ2v) is 6.55. The normalized spacial score (nSPS) is 11.1. The van der Waals surface area contributed by atoms with Crippen molar-refractivity contribution >= 4 is 22.7 Å². The first-order chi connectivity index (χ1) is 14.6. The van der Waals surface area contributed by atoms with Gasteiger partial charge in [0.2, 0.25) is 5.88 Å². The summed E-state index contributed by atoms with van der Waals surface area (Å²) in [6, 6.07) is 21.4. The summed E-state index contributed by atoms with van der Waals surface area (Å²) in [6.45, 7) is 0. The first-order valence-corrected chi connectivity index (χ1v) is 9.32. The molecular weight excluding hydrogens is 380 g/mol. The fourth-order valence-electron chi connectivity index (χ4n) is 3.35. The lowest BCUT2D eigenvalue weighted by atomic mass is 10.1. The number of fused-ring (bicyclic) bond motifs is 1. The van der Waals surface area contributed by atoms with E-state index < -0.39 is 0 Å². The number of rotatable bonds is 5. The van der Waals surface area contributed by atoms with Crippen LogP contribution in [0.1, 0.15) is 5.56 Å². The monoisotopic (exact) mass is 400 g/mol. The Balaban J connectivity index is 1.97. The number of aliphatic imine (C=N–C) groups is 1. The van der Waals surface area contributed by atoms with Gasteiger partial charge in [0.05, 0.1) is 25.5 Å². The highest BCUT2D eigenvalue weighted by atomic mass is 16.5. The maximum Gasteiger partial charge on any atom is 0.265 e. The maximum absolute atomic E-state index is 13.2. The van der Waals surface area contributed by atoms with E-state index in [1.807, 2.05) is 30.3 Å². The summed E-state index contributed by atoms with van der Waals surface area (Å²) < 4.78 is 11.9. The minimum absolute atomic E-state index is 0.203. The molecule has 4 aromatic rings. The van der Waals surface area contributed by atoms with Gasteiger partial charge in [-0.25, -0.2) is 4.57 Å². The number of benzene rings is 3. The zero-order valence-electron chi connectivity index (χ0n) is 16.6. The lowest BCUT2D eigenvalue weighted by Gasteiger charge is -2.14. The number of nitrogens with zero attached hydrogens (tertiary/aromatic N) is 2. The van der Waals surface area contributed by atoms with Crippen molar-refractivity contribution in [1.82, 2.24) is 4.57 Å². The predicted molar refractivity (Wildman–Crippen MR) is 118 cm³/mol. The smallest absolute Gasteiger partial charge is 0.265 e. The fraction of sp³-hybridized carbons (Fsp3) is 0.0833. The molecule has 0 aliphatic heterocycles. The first kappa shape index (κ1) is 19.3. The van der Waals surface area contributed by atoms with E-state index in [0.717, 1.165) is 0 Å². The molecule has 4 rings (SSSR count). The Hall–Kier alpha value is -4.06. The lowest BCUT2D eigenvalue weighted by molar-refractivity contribution is 0.413. The number of aromatic nitrogens is 1. The second-order valence-electron chi connectivity index (χ2n) is 6.55. The quantitative estimate of drug-likeness (QED) is 0.502. The van der Waals surface area contributed by atoms with E-state index >= 15 is 0 Å². The molecule has 0 spiro atoms. The summed E-state index contributed by atoms with van der Waals surface area (Å²) in [5.41, 5.74) is 1.21. The van der Waals surface area contributed by atoms with Gasteiger partial charge in [0, 0.05) is 23.1 Å². The van der Waals surface area contributed by atoms with Gasteiger partial charge in [0.25, 0.3) is 5.56 Å². The Morgan fingerprint density at radius 3 is 2.40 bits per heavy atom. The van der Waals surface area contributed by atoms with Crippen LogP contribution in [0.5, 0.6) is 17.4 Å². The maximum atomic E-state index is 13.2. The molecule has 6 nitrogen and oxygen atoms in total. The molecule has 0 amide bonds. The minimum atomic E-state index is -0.328. The van der Waals surface area contributed by atoms with E-state index in [-0.39, 0.29) is 11.4 Å². The molecule has 6 heteroatoms. The Bertz CT molecular complexity index is 1310. The van der Waals surface area contributed by atoms with Gasteiger partial charge < -0.3 is 14.6 Å². The van der Waals surface area contributed by atoms with Gasteiger partial charge >= 0.3 is 0 Å². The first-order valence-electron chi connectivity index (χ1n) is 9.32. The highest BCUT2D eigenvalue weighted by Gasteiger charge is 2.16. The van der Waals surface area contributed by atoms with Crippen LogP contribution in [-0.2, 0) is 0 Å². The average molecular weight is 400 g/mol. The Kier molecular flexibility index (Phi) is 5.22. The number of pyridine rings is 1. The molecule has 0 atom stereocenters. The Morgan fingerprint density at radius 1 is 0.900 bits per heavy atom. The van der Waals surface area contributed by atoms with Crippen LogP contribution in [0.2, 0.25) is 0 Å².